The lowest BCUT2D eigenvalue weighted by molar-refractivity contribution is 0.0221. The zero-order valence-electron chi connectivity index (χ0n) is 19.8. The molecule has 0 radical (unpaired) electrons. The van der Waals surface area contributed by atoms with Crippen LogP contribution in [0.25, 0.3) is 0 Å². The van der Waals surface area contributed by atoms with Crippen molar-refractivity contribution in [3.8, 4) is 5.75 Å². The van der Waals surface area contributed by atoms with Crippen LogP contribution in [0.2, 0.25) is 0 Å². The molecule has 1 fully saturated rings. The van der Waals surface area contributed by atoms with E-state index in [4.69, 9.17) is 14.5 Å². The van der Waals surface area contributed by atoms with E-state index in [0.717, 1.165) is 23.5 Å². The number of methoxy groups -OCH3 is 1. The van der Waals surface area contributed by atoms with Crippen molar-refractivity contribution in [3.05, 3.63) is 90.4 Å². The maximum absolute atomic E-state index is 13.8. The Balaban J connectivity index is 1.60. The van der Waals surface area contributed by atoms with Gasteiger partial charge in [0, 0.05) is 38.1 Å². The molecule has 3 aromatic rings. The highest BCUT2D eigenvalue weighted by molar-refractivity contribution is 6.00. The molecule has 3 heterocycles. The van der Waals surface area contributed by atoms with E-state index < -0.39 is 0 Å². The van der Waals surface area contributed by atoms with Gasteiger partial charge in [0.05, 0.1) is 19.8 Å². The van der Waals surface area contributed by atoms with Crippen molar-refractivity contribution in [2.75, 3.05) is 38.3 Å². The van der Waals surface area contributed by atoms with Crippen molar-refractivity contribution in [2.45, 2.75) is 18.7 Å². The second kappa shape index (κ2) is 10.2. The Morgan fingerprint density at radius 3 is 2.69 bits per heavy atom. The average molecular weight is 472 g/mol. The van der Waals surface area contributed by atoms with Gasteiger partial charge in [0.25, 0.3) is 5.91 Å². The van der Waals surface area contributed by atoms with E-state index in [9.17, 15) is 4.79 Å². The Kier molecular flexibility index (Phi) is 6.74. The summed E-state index contributed by atoms with van der Waals surface area (Å²) in [7, 11) is 1.64. The van der Waals surface area contributed by atoms with Gasteiger partial charge >= 0.3 is 0 Å². The van der Waals surface area contributed by atoms with Gasteiger partial charge in [-0.3, -0.25) is 4.79 Å². The van der Waals surface area contributed by atoms with Crippen LogP contribution in [0.5, 0.6) is 5.75 Å². The largest absolute Gasteiger partial charge is 0.497 e. The molecule has 2 aliphatic rings. The van der Waals surface area contributed by atoms with Crippen LogP contribution >= 0.6 is 0 Å². The van der Waals surface area contributed by atoms with Gasteiger partial charge in [-0.05, 0) is 29.8 Å². The highest BCUT2D eigenvalue weighted by Gasteiger charge is 2.35. The van der Waals surface area contributed by atoms with Gasteiger partial charge in [-0.15, -0.1) is 6.58 Å². The molecule has 35 heavy (non-hydrogen) atoms. The van der Waals surface area contributed by atoms with Gasteiger partial charge in [0.1, 0.15) is 23.2 Å². The summed E-state index contributed by atoms with van der Waals surface area (Å²) in [6.07, 6.45) is 3.23. The smallest absolute Gasteiger partial charge is 0.259 e. The number of nitrogens with one attached hydrogen (secondary N) is 1. The third kappa shape index (κ3) is 4.76. The van der Waals surface area contributed by atoms with E-state index in [0.29, 0.717) is 43.4 Å². The number of amides is 1. The Morgan fingerprint density at radius 1 is 1.20 bits per heavy atom. The first kappa shape index (κ1) is 23.0. The maximum Gasteiger partial charge on any atom is 0.259 e. The van der Waals surface area contributed by atoms with Crippen LogP contribution < -0.4 is 15.0 Å². The van der Waals surface area contributed by atoms with Crippen LogP contribution in [0.4, 0.5) is 11.5 Å². The number of carbonyl (C=O) groups excluding carboxylic acids is 1. The molecule has 5 rings (SSSR count). The number of rotatable bonds is 6. The van der Waals surface area contributed by atoms with Crippen molar-refractivity contribution >= 4 is 17.4 Å². The average Bonchev–Trinajstić information content (AvgIpc) is 3.03. The number of hydrogen-bond donors (Lipinski definition) is 1. The van der Waals surface area contributed by atoms with Crippen LogP contribution in [0.15, 0.2) is 73.4 Å². The Bertz CT molecular complexity index is 1180. The molecule has 2 atom stereocenters. The summed E-state index contributed by atoms with van der Waals surface area (Å²) in [5, 5.41) is 3.32. The van der Waals surface area contributed by atoms with E-state index in [1.54, 1.807) is 13.3 Å². The summed E-state index contributed by atoms with van der Waals surface area (Å²) >= 11 is 0. The second-order valence-corrected chi connectivity index (χ2v) is 8.57. The Hall–Kier alpha value is -3.75. The lowest BCUT2D eigenvalue weighted by Crippen LogP contribution is -2.39. The summed E-state index contributed by atoms with van der Waals surface area (Å²) in [6, 6.07) is 17.5. The Morgan fingerprint density at radius 2 is 2.00 bits per heavy atom. The van der Waals surface area contributed by atoms with E-state index in [-0.39, 0.29) is 18.1 Å². The molecule has 0 saturated carbocycles. The summed E-state index contributed by atoms with van der Waals surface area (Å²) in [5.41, 5.74) is 2.40. The molecule has 1 N–H and O–H groups in total. The number of anilines is 2. The molecule has 2 aliphatic heterocycles. The van der Waals surface area contributed by atoms with Gasteiger partial charge in [0.2, 0.25) is 0 Å². The van der Waals surface area contributed by atoms with Gasteiger partial charge in [0.15, 0.2) is 5.82 Å². The lowest BCUT2D eigenvalue weighted by Gasteiger charge is -2.32. The van der Waals surface area contributed by atoms with Crippen LogP contribution in [0.1, 0.15) is 27.8 Å². The quantitative estimate of drug-likeness (QED) is 0.551. The van der Waals surface area contributed by atoms with E-state index in [1.807, 2.05) is 65.6 Å². The fraction of sp³-hybridized carbons (Fsp3) is 0.296. The highest BCUT2D eigenvalue weighted by atomic mass is 16.5. The minimum atomic E-state index is -0.271. The Labute approximate surface area is 205 Å². The number of carbonyl (C=O) groups is 1. The maximum atomic E-state index is 13.8. The molecule has 0 spiro atoms. The molecule has 8 nitrogen and oxygen atoms in total. The predicted molar refractivity (Wildman–Crippen MR) is 134 cm³/mol. The first-order valence-electron chi connectivity index (χ1n) is 11.8. The lowest BCUT2D eigenvalue weighted by atomic mass is 10.1. The van der Waals surface area contributed by atoms with E-state index >= 15 is 0 Å². The number of fused-ring (bicyclic) bond motifs is 1. The molecule has 1 saturated heterocycles. The predicted octanol–water partition coefficient (Wildman–Crippen LogP) is 3.49. The SMILES string of the molecule is C=C[C@@H]1CN(Cc2ccccc2)C(=O)c2cnc(C3CNCCO3)nc2N1c1ccc(OC)cc1. The molecule has 2 aromatic carbocycles. The monoisotopic (exact) mass is 471 g/mol. The van der Waals surface area contributed by atoms with Crippen molar-refractivity contribution in [1.82, 2.24) is 20.2 Å². The number of morpholine rings is 1. The molecule has 0 bridgehead atoms. The molecular weight excluding hydrogens is 442 g/mol. The normalized spacial score (nSPS) is 20.2. The number of aromatic nitrogens is 2. The second-order valence-electron chi connectivity index (χ2n) is 8.57. The topological polar surface area (TPSA) is 79.8 Å². The van der Waals surface area contributed by atoms with Gasteiger partial charge < -0.3 is 24.6 Å². The van der Waals surface area contributed by atoms with Crippen LogP contribution in [-0.2, 0) is 11.3 Å². The summed E-state index contributed by atoms with van der Waals surface area (Å²) in [5.74, 6) is 1.76. The zero-order chi connectivity index (χ0) is 24.2. The van der Waals surface area contributed by atoms with Gasteiger partial charge in [-0.1, -0.05) is 36.4 Å². The number of hydrogen-bond acceptors (Lipinski definition) is 7. The fourth-order valence-corrected chi connectivity index (χ4v) is 4.50. The van der Waals surface area contributed by atoms with Crippen molar-refractivity contribution in [3.63, 3.8) is 0 Å². The van der Waals surface area contributed by atoms with Crippen LogP contribution in [0, 0.1) is 0 Å². The van der Waals surface area contributed by atoms with Crippen molar-refractivity contribution in [2.24, 2.45) is 0 Å². The van der Waals surface area contributed by atoms with Crippen molar-refractivity contribution in [1.29, 1.82) is 0 Å². The van der Waals surface area contributed by atoms with Crippen molar-refractivity contribution < 1.29 is 14.3 Å². The standard InChI is InChI=1S/C27H29N5O3/c1-3-20-18-31(17-19-7-5-4-6-8-19)27(33)23-15-29-25(24-16-28-13-14-35-24)30-26(23)32(20)21-9-11-22(34-2)12-10-21/h3-12,15,20,24,28H,1,13-14,16-18H2,2H3/t20-,24?/m1/s1. The number of ether oxygens (including phenoxy) is 2. The van der Waals surface area contributed by atoms with E-state index in [1.165, 1.54) is 0 Å². The fourth-order valence-electron chi connectivity index (χ4n) is 4.50. The summed E-state index contributed by atoms with van der Waals surface area (Å²) < 4.78 is 11.3. The van der Waals surface area contributed by atoms with Crippen LogP contribution in [0.3, 0.4) is 0 Å². The molecule has 1 aromatic heterocycles. The first-order valence-corrected chi connectivity index (χ1v) is 11.8. The molecule has 180 valence electrons. The number of nitrogens with zero attached hydrogens (tertiary/aromatic N) is 4. The zero-order valence-corrected chi connectivity index (χ0v) is 19.8. The molecule has 1 unspecified atom stereocenters. The first-order chi connectivity index (χ1) is 17.2. The number of benzene rings is 2. The van der Waals surface area contributed by atoms with Gasteiger partial charge in [-0.25, -0.2) is 9.97 Å². The molecular formula is C27H29N5O3. The molecule has 8 heteroatoms. The third-order valence-electron chi connectivity index (χ3n) is 6.33. The summed E-state index contributed by atoms with van der Waals surface area (Å²) in [4.78, 5) is 27.2. The van der Waals surface area contributed by atoms with Crippen LogP contribution in [-0.4, -0.2) is 60.2 Å². The van der Waals surface area contributed by atoms with E-state index in [2.05, 4.69) is 21.8 Å². The molecule has 0 aliphatic carbocycles. The van der Waals surface area contributed by atoms with Gasteiger partial charge in [-0.2, -0.15) is 0 Å². The minimum absolute atomic E-state index is 0.110. The minimum Gasteiger partial charge on any atom is -0.497 e. The third-order valence-corrected chi connectivity index (χ3v) is 6.33. The highest BCUT2D eigenvalue weighted by Crippen LogP contribution is 2.35. The summed E-state index contributed by atoms with van der Waals surface area (Å²) in [6.45, 7) is 7.05. The molecule has 1 amide bonds.